The summed E-state index contributed by atoms with van der Waals surface area (Å²) in [5.41, 5.74) is 2.04. The van der Waals surface area contributed by atoms with E-state index in [0.717, 1.165) is 5.56 Å². The minimum atomic E-state index is -4.05. The summed E-state index contributed by atoms with van der Waals surface area (Å²) in [6.45, 7) is 5.82. The normalized spacial score (nSPS) is 21.8. The average Bonchev–Trinajstić information content (AvgIpc) is 2.49. The molecule has 0 aromatic heterocycles. The Balaban J connectivity index is 2.15. The number of hydrogen-bond donors (Lipinski definition) is 0. The van der Waals surface area contributed by atoms with Crippen molar-refractivity contribution >= 4 is 56.0 Å². The van der Waals surface area contributed by atoms with Crippen molar-refractivity contribution in [2.45, 2.75) is 26.8 Å². The summed E-state index contributed by atoms with van der Waals surface area (Å²) in [6.07, 6.45) is 0. The molecule has 0 unspecified atom stereocenters. The maximum atomic E-state index is 14.4. The van der Waals surface area contributed by atoms with Crippen molar-refractivity contribution < 1.29 is 4.39 Å². The predicted molar refractivity (Wildman–Crippen MR) is 109 cm³/mol. The molecule has 3 nitrogen and oxygen atoms in total. The molecule has 1 aliphatic rings. The van der Waals surface area contributed by atoms with Gasteiger partial charge in [-0.05, 0) is 0 Å². The summed E-state index contributed by atoms with van der Waals surface area (Å²) in [6, 6.07) is 13.8. The van der Waals surface area contributed by atoms with Gasteiger partial charge in [0.05, 0.1) is 0 Å². The zero-order valence-electron chi connectivity index (χ0n) is 14.0. The summed E-state index contributed by atoms with van der Waals surface area (Å²) in [5, 5.41) is 0. The molecule has 8 heteroatoms. The number of guanidine groups is 1. The van der Waals surface area contributed by atoms with Crippen LogP contribution in [0.1, 0.15) is 19.4 Å². The Hall–Kier alpha value is -1.06. The molecule has 2 aromatic rings. The molecule has 1 saturated heterocycles. The van der Waals surface area contributed by atoms with E-state index in [1.165, 1.54) is 10.7 Å². The van der Waals surface area contributed by atoms with Crippen LogP contribution in [-0.4, -0.2) is 16.7 Å². The second kappa shape index (κ2) is 6.28. The fourth-order valence-electron chi connectivity index (χ4n) is 2.77. The quantitative estimate of drug-likeness (QED) is 0.489. The molecule has 0 spiro atoms. The average molecular weight is 421 g/mol. The van der Waals surface area contributed by atoms with E-state index in [0.29, 0.717) is 11.6 Å². The van der Waals surface area contributed by atoms with E-state index in [-0.39, 0.29) is 11.7 Å². The molecule has 25 heavy (non-hydrogen) atoms. The number of anilines is 1. The Labute approximate surface area is 161 Å². The van der Waals surface area contributed by atoms with E-state index in [1.54, 1.807) is 22.9 Å². The molecular weight excluding hydrogens is 403 g/mol. The van der Waals surface area contributed by atoms with Crippen molar-refractivity contribution in [3.8, 4) is 0 Å². The van der Waals surface area contributed by atoms with Crippen LogP contribution in [0.2, 0.25) is 0 Å². The Kier molecular flexibility index (Phi) is 4.70. The zero-order valence-corrected chi connectivity index (χ0v) is 17.2. The molecule has 0 N–H and O–H groups in total. The van der Waals surface area contributed by atoms with E-state index in [9.17, 15) is 4.39 Å². The molecule has 1 heterocycles. The second-order valence-electron chi connectivity index (χ2n) is 6.18. The van der Waals surface area contributed by atoms with Crippen LogP contribution < -0.4 is 4.67 Å². The van der Waals surface area contributed by atoms with E-state index in [1.807, 2.05) is 45.0 Å². The molecule has 1 fully saturated rings. The monoisotopic (exact) mass is 419 g/mol. The van der Waals surface area contributed by atoms with Gasteiger partial charge in [0.1, 0.15) is 0 Å². The minimum absolute atomic E-state index is 0.0996. The van der Waals surface area contributed by atoms with Crippen molar-refractivity contribution in [3.63, 3.8) is 0 Å². The maximum absolute atomic E-state index is 14.4. The fraction of sp³-hybridized carbons (Fsp3) is 0.235. The molecular formula is C17H18Cl3FN3P. The first-order chi connectivity index (χ1) is 11.6. The van der Waals surface area contributed by atoms with Gasteiger partial charge in [-0.1, -0.05) is 0 Å². The van der Waals surface area contributed by atoms with Crippen LogP contribution in [0.15, 0.2) is 53.5 Å². The van der Waals surface area contributed by atoms with Gasteiger partial charge in [-0.3, -0.25) is 0 Å². The van der Waals surface area contributed by atoms with Crippen LogP contribution in [0.4, 0.5) is 15.8 Å². The van der Waals surface area contributed by atoms with Crippen molar-refractivity contribution in [1.29, 1.82) is 0 Å². The van der Waals surface area contributed by atoms with E-state index in [4.69, 9.17) is 33.7 Å². The molecule has 134 valence electrons. The first-order valence-electron chi connectivity index (χ1n) is 7.78. The van der Waals surface area contributed by atoms with Gasteiger partial charge in [-0.2, -0.15) is 0 Å². The van der Waals surface area contributed by atoms with Crippen molar-refractivity contribution in [2.24, 2.45) is 4.99 Å². The SMILES string of the molecule is Cc1ccc(N=C2N(c3ccccc3F)P(Cl)(Cl)(Cl)N2C(C)C)cc1. The van der Waals surface area contributed by atoms with Crippen LogP contribution in [0.3, 0.4) is 0 Å². The molecule has 2 aromatic carbocycles. The van der Waals surface area contributed by atoms with Gasteiger partial charge in [0, 0.05) is 0 Å². The molecule has 3 rings (SSSR count). The standard InChI is InChI=1S/C17H18Cl3FN3P/c1-12(2)23-17(22-14-10-8-13(3)9-11-14)24(25(23,18,19)20)16-7-5-4-6-15(16)21/h4-12H,1-3H3. The third-order valence-corrected chi connectivity index (χ3v) is 9.06. The molecule has 1 aliphatic heterocycles. The fourth-order valence-corrected chi connectivity index (χ4v) is 8.43. The number of rotatable bonds is 3. The number of aliphatic imine (C=N–C) groups is 1. The third-order valence-electron chi connectivity index (χ3n) is 3.88. The Bertz CT molecular complexity index is 831. The number of hydrogen-bond acceptors (Lipinski definition) is 1. The predicted octanol–water partition coefficient (Wildman–Crippen LogP) is 7.20. The van der Waals surface area contributed by atoms with Crippen LogP contribution in [-0.2, 0) is 0 Å². The first-order valence-corrected chi connectivity index (χ1v) is 12.6. The van der Waals surface area contributed by atoms with Gasteiger partial charge in [0.25, 0.3) is 0 Å². The van der Waals surface area contributed by atoms with Crippen molar-refractivity contribution in [3.05, 3.63) is 59.9 Å². The zero-order chi connectivity index (χ0) is 18.4. The Morgan fingerprint density at radius 3 is 2.16 bits per heavy atom. The molecule has 0 aliphatic carbocycles. The van der Waals surface area contributed by atoms with Crippen LogP contribution in [0.5, 0.6) is 0 Å². The van der Waals surface area contributed by atoms with Gasteiger partial charge in [0.2, 0.25) is 0 Å². The molecule has 0 bridgehead atoms. The van der Waals surface area contributed by atoms with E-state index >= 15 is 0 Å². The van der Waals surface area contributed by atoms with E-state index < -0.39 is 10.8 Å². The second-order valence-corrected chi connectivity index (χ2v) is 15.8. The van der Waals surface area contributed by atoms with Crippen LogP contribution in [0.25, 0.3) is 0 Å². The number of benzene rings is 2. The first kappa shape index (κ1) is 18.7. The number of halogens is 4. The van der Waals surface area contributed by atoms with E-state index in [2.05, 4.69) is 4.99 Å². The Morgan fingerprint density at radius 2 is 1.60 bits per heavy atom. The summed E-state index contributed by atoms with van der Waals surface area (Å²) in [7, 11) is 0. The summed E-state index contributed by atoms with van der Waals surface area (Å²) in [5.74, 6) is -0.0277. The van der Waals surface area contributed by atoms with Gasteiger partial charge >= 0.3 is 161 Å². The van der Waals surface area contributed by atoms with Gasteiger partial charge in [-0.25, -0.2) is 0 Å². The molecule has 0 radical (unpaired) electrons. The van der Waals surface area contributed by atoms with Crippen molar-refractivity contribution in [2.75, 3.05) is 4.67 Å². The topological polar surface area (TPSA) is 18.8 Å². The third kappa shape index (κ3) is 3.21. The van der Waals surface area contributed by atoms with Gasteiger partial charge in [0.15, 0.2) is 0 Å². The summed E-state index contributed by atoms with van der Waals surface area (Å²) >= 11 is 19.9. The molecule has 0 saturated carbocycles. The summed E-state index contributed by atoms with van der Waals surface area (Å²) in [4.78, 5) is 0.582. The van der Waals surface area contributed by atoms with Crippen LogP contribution >= 0.6 is 38.7 Å². The summed E-state index contributed by atoms with van der Waals surface area (Å²) < 4.78 is 17.5. The van der Waals surface area contributed by atoms with Gasteiger partial charge in [-0.15, -0.1) is 0 Å². The van der Waals surface area contributed by atoms with Crippen molar-refractivity contribution in [1.82, 2.24) is 4.67 Å². The van der Waals surface area contributed by atoms with Crippen LogP contribution in [0, 0.1) is 12.7 Å². The number of para-hydroxylation sites is 1. The van der Waals surface area contributed by atoms with Gasteiger partial charge < -0.3 is 0 Å². The number of nitrogens with zero attached hydrogens (tertiary/aromatic N) is 3. The molecule has 0 amide bonds. The number of aryl methyl sites for hydroxylation is 1. The Morgan fingerprint density at radius 1 is 1.00 bits per heavy atom. The molecule has 0 atom stereocenters.